The van der Waals surface area contributed by atoms with Crippen LogP contribution < -0.4 is 4.74 Å². The zero-order valence-electron chi connectivity index (χ0n) is 12.9. The minimum atomic E-state index is -3.74. The maximum Gasteiger partial charge on any atom is 0.268 e. The second-order valence-electron chi connectivity index (χ2n) is 5.36. The Bertz CT molecular complexity index is 1150. The molecule has 0 N–H and O–H groups in total. The van der Waals surface area contributed by atoms with Gasteiger partial charge in [-0.05, 0) is 30.3 Å². The number of aromatic nitrogens is 2. The van der Waals surface area contributed by atoms with E-state index in [1.54, 1.807) is 62.0 Å². The van der Waals surface area contributed by atoms with Crippen molar-refractivity contribution in [2.24, 2.45) is 0 Å². The molecule has 0 fully saturated rings. The van der Waals surface area contributed by atoms with E-state index in [0.29, 0.717) is 16.8 Å². The van der Waals surface area contributed by atoms with E-state index in [4.69, 9.17) is 4.74 Å². The fraction of sp³-hybridized carbons (Fsp3) is 0.0556. The molecule has 4 rings (SSSR count). The summed E-state index contributed by atoms with van der Waals surface area (Å²) in [6.07, 6.45) is 3.27. The summed E-state index contributed by atoms with van der Waals surface area (Å²) in [4.78, 5) is 4.37. The van der Waals surface area contributed by atoms with Crippen LogP contribution >= 0.6 is 0 Å². The second kappa shape index (κ2) is 5.35. The highest BCUT2D eigenvalue weighted by Gasteiger charge is 2.23. The second-order valence-corrected chi connectivity index (χ2v) is 7.15. The molecule has 0 aliphatic carbocycles. The third-order valence-corrected chi connectivity index (χ3v) is 5.75. The first-order valence-corrected chi connectivity index (χ1v) is 8.80. The lowest BCUT2D eigenvalue weighted by atomic mass is 10.2. The van der Waals surface area contributed by atoms with Gasteiger partial charge in [-0.3, -0.25) is 4.98 Å². The molecule has 0 unspecified atom stereocenters. The first-order valence-electron chi connectivity index (χ1n) is 7.36. The van der Waals surface area contributed by atoms with Crippen LogP contribution in [0.25, 0.3) is 21.8 Å². The van der Waals surface area contributed by atoms with Gasteiger partial charge in [-0.25, -0.2) is 12.4 Å². The Balaban J connectivity index is 2.17. The average molecular weight is 338 g/mol. The number of hydrogen-bond acceptors (Lipinski definition) is 4. The molecule has 120 valence electrons. The number of methoxy groups -OCH3 is 1. The van der Waals surface area contributed by atoms with Crippen LogP contribution in [0.1, 0.15) is 0 Å². The molecule has 24 heavy (non-hydrogen) atoms. The molecule has 0 amide bonds. The lowest BCUT2D eigenvalue weighted by molar-refractivity contribution is 0.415. The zero-order chi connectivity index (χ0) is 16.7. The van der Waals surface area contributed by atoms with Crippen LogP contribution in [0.15, 0.2) is 71.9 Å². The van der Waals surface area contributed by atoms with Gasteiger partial charge in [0.2, 0.25) is 0 Å². The topological polar surface area (TPSA) is 61.2 Å². The number of pyridine rings is 1. The molecule has 2 aromatic heterocycles. The minimum Gasteiger partial charge on any atom is -0.497 e. The summed E-state index contributed by atoms with van der Waals surface area (Å²) < 4.78 is 33.1. The highest BCUT2D eigenvalue weighted by atomic mass is 32.2. The molecular formula is C18H14N2O3S. The van der Waals surface area contributed by atoms with E-state index in [-0.39, 0.29) is 4.90 Å². The van der Waals surface area contributed by atoms with Gasteiger partial charge in [0.25, 0.3) is 10.0 Å². The number of nitrogens with zero attached hydrogens (tertiary/aromatic N) is 2. The molecule has 0 spiro atoms. The Hall–Kier alpha value is -2.86. The first kappa shape index (κ1) is 14.7. The average Bonchev–Trinajstić information content (AvgIpc) is 2.96. The largest absolute Gasteiger partial charge is 0.497 e. The summed E-state index contributed by atoms with van der Waals surface area (Å²) in [6, 6.07) is 15.5. The molecule has 0 radical (unpaired) electrons. The van der Waals surface area contributed by atoms with Crippen LogP contribution in [0.4, 0.5) is 0 Å². The smallest absolute Gasteiger partial charge is 0.268 e. The van der Waals surface area contributed by atoms with Crippen LogP contribution in [-0.2, 0) is 10.0 Å². The van der Waals surface area contributed by atoms with Crippen molar-refractivity contribution in [2.45, 2.75) is 4.90 Å². The maximum atomic E-state index is 13.2. The van der Waals surface area contributed by atoms with Crippen LogP contribution in [0.2, 0.25) is 0 Å². The van der Waals surface area contributed by atoms with E-state index in [2.05, 4.69) is 4.98 Å². The number of hydrogen-bond donors (Lipinski definition) is 0. The van der Waals surface area contributed by atoms with Crippen molar-refractivity contribution in [3.05, 3.63) is 67.0 Å². The van der Waals surface area contributed by atoms with Gasteiger partial charge in [0.05, 0.1) is 23.0 Å². The first-order chi connectivity index (χ1) is 11.6. The number of benzene rings is 2. The molecular weight excluding hydrogens is 324 g/mol. The van der Waals surface area contributed by atoms with Crippen LogP contribution in [-0.4, -0.2) is 24.5 Å². The van der Waals surface area contributed by atoms with Gasteiger partial charge in [-0.2, -0.15) is 0 Å². The van der Waals surface area contributed by atoms with Gasteiger partial charge in [-0.15, -0.1) is 0 Å². The van der Waals surface area contributed by atoms with E-state index in [1.807, 2.05) is 12.1 Å². The summed E-state index contributed by atoms with van der Waals surface area (Å²) in [5.74, 6) is 0.600. The molecule has 5 nitrogen and oxygen atoms in total. The van der Waals surface area contributed by atoms with Crippen molar-refractivity contribution in [2.75, 3.05) is 7.11 Å². The van der Waals surface area contributed by atoms with Gasteiger partial charge in [0.1, 0.15) is 5.75 Å². The summed E-state index contributed by atoms with van der Waals surface area (Å²) in [7, 11) is -2.18. The normalized spacial score (nSPS) is 11.9. The lowest BCUT2D eigenvalue weighted by Gasteiger charge is -2.09. The fourth-order valence-corrected chi connectivity index (χ4v) is 4.43. The predicted octanol–water partition coefficient (Wildman–Crippen LogP) is 3.44. The summed E-state index contributed by atoms with van der Waals surface area (Å²) in [5.41, 5.74) is 1.17. The standard InChI is InChI=1S/C18H14N2O3S/c1-23-13-7-8-15-16-12-19-10-9-17(16)20(18(15)11-13)24(21,22)14-5-3-2-4-6-14/h2-12H,1H3. The van der Waals surface area contributed by atoms with Gasteiger partial charge in [-0.1, -0.05) is 18.2 Å². The Kier molecular flexibility index (Phi) is 3.28. The van der Waals surface area contributed by atoms with E-state index < -0.39 is 10.0 Å². The molecule has 0 aliphatic heterocycles. The third-order valence-electron chi connectivity index (χ3n) is 4.01. The highest BCUT2D eigenvalue weighted by molar-refractivity contribution is 7.90. The van der Waals surface area contributed by atoms with Crippen molar-refractivity contribution in [3.8, 4) is 5.75 Å². The SMILES string of the molecule is COc1ccc2c3cnccc3n(S(=O)(=O)c3ccccc3)c2c1. The molecule has 0 aliphatic rings. The monoisotopic (exact) mass is 338 g/mol. The molecule has 0 saturated carbocycles. The van der Waals surface area contributed by atoms with E-state index in [9.17, 15) is 8.42 Å². The summed E-state index contributed by atoms with van der Waals surface area (Å²) >= 11 is 0. The van der Waals surface area contributed by atoms with Crippen molar-refractivity contribution >= 4 is 31.8 Å². The Morgan fingerprint density at radius 2 is 1.75 bits per heavy atom. The van der Waals surface area contributed by atoms with Gasteiger partial charge in [0, 0.05) is 29.2 Å². The van der Waals surface area contributed by atoms with Crippen molar-refractivity contribution in [1.82, 2.24) is 8.96 Å². The number of rotatable bonds is 3. The molecule has 0 bridgehead atoms. The Labute approximate surface area is 139 Å². The fourth-order valence-electron chi connectivity index (χ4n) is 2.89. The number of fused-ring (bicyclic) bond motifs is 3. The van der Waals surface area contributed by atoms with Gasteiger partial charge in [0.15, 0.2) is 0 Å². The molecule has 0 atom stereocenters. The molecule has 2 aromatic carbocycles. The summed E-state index contributed by atoms with van der Waals surface area (Å²) in [5, 5.41) is 1.60. The van der Waals surface area contributed by atoms with Gasteiger partial charge >= 0.3 is 0 Å². The number of ether oxygens (including phenoxy) is 1. The molecule has 0 saturated heterocycles. The van der Waals surface area contributed by atoms with E-state index in [1.165, 1.54) is 3.97 Å². The van der Waals surface area contributed by atoms with Crippen molar-refractivity contribution < 1.29 is 13.2 Å². The van der Waals surface area contributed by atoms with E-state index in [0.717, 1.165) is 10.8 Å². The lowest BCUT2D eigenvalue weighted by Crippen LogP contribution is -2.12. The minimum absolute atomic E-state index is 0.239. The Morgan fingerprint density at radius 3 is 2.50 bits per heavy atom. The molecule has 6 heteroatoms. The van der Waals surface area contributed by atoms with Crippen LogP contribution in [0.5, 0.6) is 5.75 Å². The maximum absolute atomic E-state index is 13.2. The Morgan fingerprint density at radius 1 is 0.958 bits per heavy atom. The quantitative estimate of drug-likeness (QED) is 0.574. The van der Waals surface area contributed by atoms with E-state index >= 15 is 0 Å². The predicted molar refractivity (Wildman–Crippen MR) is 92.8 cm³/mol. The van der Waals surface area contributed by atoms with Crippen molar-refractivity contribution in [3.63, 3.8) is 0 Å². The summed E-state index contributed by atoms with van der Waals surface area (Å²) in [6.45, 7) is 0. The van der Waals surface area contributed by atoms with Crippen molar-refractivity contribution in [1.29, 1.82) is 0 Å². The highest BCUT2D eigenvalue weighted by Crippen LogP contribution is 2.33. The molecule has 2 heterocycles. The van der Waals surface area contributed by atoms with Gasteiger partial charge < -0.3 is 4.74 Å². The zero-order valence-corrected chi connectivity index (χ0v) is 13.7. The third kappa shape index (κ3) is 2.07. The van der Waals surface area contributed by atoms with Crippen LogP contribution in [0.3, 0.4) is 0 Å². The van der Waals surface area contributed by atoms with Crippen LogP contribution in [0, 0.1) is 0 Å². The molecule has 4 aromatic rings.